The van der Waals surface area contributed by atoms with Gasteiger partial charge in [0.1, 0.15) is 5.82 Å². The van der Waals surface area contributed by atoms with Crippen molar-refractivity contribution in [3.63, 3.8) is 0 Å². The summed E-state index contributed by atoms with van der Waals surface area (Å²) in [6.07, 6.45) is 2.94. The first-order chi connectivity index (χ1) is 8.79. The van der Waals surface area contributed by atoms with E-state index < -0.39 is 0 Å². The normalized spacial score (nSPS) is 10.6. The van der Waals surface area contributed by atoms with Crippen LogP contribution in [0.15, 0.2) is 35.4 Å². The maximum atomic E-state index is 13.4. The number of aromatic nitrogens is 1. The number of anilines is 1. The molecule has 0 aliphatic carbocycles. The molecular formula is C13H15FN2S2. The largest absolute Gasteiger partial charge is 0.362 e. The number of thioether (sulfide) groups is 1. The SMILES string of the molecule is CCCNc1ncc(CSc2ccccc2F)s1. The molecule has 0 radical (unpaired) electrons. The van der Waals surface area contributed by atoms with Crippen LogP contribution in [0.4, 0.5) is 9.52 Å². The lowest BCUT2D eigenvalue weighted by molar-refractivity contribution is 0.602. The fraction of sp³-hybridized carbons (Fsp3) is 0.308. The maximum Gasteiger partial charge on any atom is 0.182 e. The Balaban J connectivity index is 1.90. The van der Waals surface area contributed by atoms with E-state index in [2.05, 4.69) is 17.2 Å². The van der Waals surface area contributed by atoms with E-state index in [1.165, 1.54) is 17.8 Å². The molecule has 0 atom stereocenters. The summed E-state index contributed by atoms with van der Waals surface area (Å²) in [6, 6.07) is 6.85. The Bertz CT molecular complexity index is 499. The number of nitrogens with one attached hydrogen (secondary N) is 1. The van der Waals surface area contributed by atoms with Crippen LogP contribution in [-0.4, -0.2) is 11.5 Å². The summed E-state index contributed by atoms with van der Waals surface area (Å²) in [5, 5.41) is 4.19. The molecule has 1 N–H and O–H groups in total. The molecule has 0 unspecified atom stereocenters. The van der Waals surface area contributed by atoms with E-state index in [1.54, 1.807) is 23.5 Å². The van der Waals surface area contributed by atoms with Gasteiger partial charge in [-0.1, -0.05) is 19.1 Å². The number of nitrogens with zero attached hydrogens (tertiary/aromatic N) is 1. The Morgan fingerprint density at radius 1 is 1.39 bits per heavy atom. The van der Waals surface area contributed by atoms with E-state index in [0.29, 0.717) is 4.90 Å². The zero-order valence-corrected chi connectivity index (χ0v) is 11.8. The van der Waals surface area contributed by atoms with Crippen LogP contribution in [0.2, 0.25) is 0 Å². The summed E-state index contributed by atoms with van der Waals surface area (Å²) < 4.78 is 13.4. The molecule has 5 heteroatoms. The number of thiazole rings is 1. The molecule has 0 saturated heterocycles. The summed E-state index contributed by atoms with van der Waals surface area (Å²) >= 11 is 3.14. The third kappa shape index (κ3) is 3.71. The van der Waals surface area contributed by atoms with Gasteiger partial charge >= 0.3 is 0 Å². The van der Waals surface area contributed by atoms with Crippen molar-refractivity contribution in [2.24, 2.45) is 0 Å². The van der Waals surface area contributed by atoms with Crippen molar-refractivity contribution in [2.45, 2.75) is 24.0 Å². The Morgan fingerprint density at radius 3 is 3.00 bits per heavy atom. The first-order valence-corrected chi connectivity index (χ1v) is 7.65. The first-order valence-electron chi connectivity index (χ1n) is 5.85. The third-order valence-electron chi connectivity index (χ3n) is 2.29. The lowest BCUT2D eigenvalue weighted by atomic mass is 10.3. The quantitative estimate of drug-likeness (QED) is 0.795. The van der Waals surface area contributed by atoms with Crippen molar-refractivity contribution < 1.29 is 4.39 Å². The second-order valence-electron chi connectivity index (χ2n) is 3.78. The average Bonchev–Trinajstić information content (AvgIpc) is 2.83. The average molecular weight is 282 g/mol. The van der Waals surface area contributed by atoms with Gasteiger partial charge in [-0.25, -0.2) is 9.37 Å². The van der Waals surface area contributed by atoms with Crippen molar-refractivity contribution in [1.29, 1.82) is 0 Å². The van der Waals surface area contributed by atoms with Gasteiger partial charge in [-0.2, -0.15) is 0 Å². The third-order valence-corrected chi connectivity index (χ3v) is 4.52. The van der Waals surface area contributed by atoms with E-state index in [4.69, 9.17) is 0 Å². The monoisotopic (exact) mass is 282 g/mol. The smallest absolute Gasteiger partial charge is 0.182 e. The number of benzene rings is 1. The van der Waals surface area contributed by atoms with Crippen LogP contribution in [0.5, 0.6) is 0 Å². The minimum atomic E-state index is -0.156. The van der Waals surface area contributed by atoms with E-state index in [1.807, 2.05) is 12.3 Å². The van der Waals surface area contributed by atoms with E-state index in [9.17, 15) is 4.39 Å². The van der Waals surface area contributed by atoms with Crippen molar-refractivity contribution in [3.05, 3.63) is 41.2 Å². The van der Waals surface area contributed by atoms with Crippen LogP contribution in [0.1, 0.15) is 18.2 Å². The summed E-state index contributed by atoms with van der Waals surface area (Å²) in [5.41, 5.74) is 0. The van der Waals surface area contributed by atoms with Crippen LogP contribution >= 0.6 is 23.1 Å². The maximum absolute atomic E-state index is 13.4. The van der Waals surface area contributed by atoms with Crippen LogP contribution in [0.3, 0.4) is 0 Å². The molecule has 18 heavy (non-hydrogen) atoms. The summed E-state index contributed by atoms with van der Waals surface area (Å²) in [6.45, 7) is 3.06. The number of hydrogen-bond donors (Lipinski definition) is 1. The zero-order chi connectivity index (χ0) is 12.8. The molecule has 0 amide bonds. The molecule has 1 aromatic heterocycles. The molecule has 2 nitrogen and oxygen atoms in total. The molecule has 96 valence electrons. The standard InChI is InChI=1S/C13H15FN2S2/c1-2-7-15-13-16-8-10(18-13)9-17-12-6-4-3-5-11(12)14/h3-6,8H,2,7,9H2,1H3,(H,15,16). The molecule has 0 bridgehead atoms. The van der Waals surface area contributed by atoms with Crippen LogP contribution in [-0.2, 0) is 5.75 Å². The molecule has 2 rings (SSSR count). The van der Waals surface area contributed by atoms with Gasteiger partial charge < -0.3 is 5.32 Å². The lowest BCUT2D eigenvalue weighted by Crippen LogP contribution is -1.97. The summed E-state index contributed by atoms with van der Waals surface area (Å²) in [4.78, 5) is 6.13. The minimum absolute atomic E-state index is 0.156. The molecule has 0 aliphatic rings. The lowest BCUT2D eigenvalue weighted by Gasteiger charge is -2.00. The fourth-order valence-corrected chi connectivity index (χ4v) is 3.20. The molecule has 0 aliphatic heterocycles. The van der Waals surface area contributed by atoms with Gasteiger partial charge in [0.25, 0.3) is 0 Å². The van der Waals surface area contributed by atoms with Gasteiger partial charge in [0.15, 0.2) is 5.13 Å². The topological polar surface area (TPSA) is 24.9 Å². The van der Waals surface area contributed by atoms with Gasteiger partial charge in [0, 0.05) is 28.3 Å². The first kappa shape index (κ1) is 13.4. The Labute approximate surface area is 115 Å². The van der Waals surface area contributed by atoms with Crippen LogP contribution in [0, 0.1) is 5.82 Å². The number of rotatable bonds is 6. The molecule has 1 heterocycles. The highest BCUT2D eigenvalue weighted by atomic mass is 32.2. The molecule has 0 fully saturated rings. The van der Waals surface area contributed by atoms with Gasteiger partial charge in [-0.05, 0) is 18.6 Å². The van der Waals surface area contributed by atoms with Crippen LogP contribution < -0.4 is 5.32 Å². The zero-order valence-electron chi connectivity index (χ0n) is 10.1. The molecule has 0 spiro atoms. The van der Waals surface area contributed by atoms with Crippen molar-refractivity contribution in [1.82, 2.24) is 4.98 Å². The second kappa shape index (κ2) is 6.75. The van der Waals surface area contributed by atoms with Crippen molar-refractivity contribution in [2.75, 3.05) is 11.9 Å². The van der Waals surface area contributed by atoms with Crippen molar-refractivity contribution in [3.8, 4) is 0 Å². The molecule has 2 aromatic rings. The van der Waals surface area contributed by atoms with E-state index >= 15 is 0 Å². The van der Waals surface area contributed by atoms with Crippen LogP contribution in [0.25, 0.3) is 0 Å². The van der Waals surface area contributed by atoms with Gasteiger partial charge in [-0.3, -0.25) is 0 Å². The number of halogens is 1. The Kier molecular flexibility index (Phi) is 5.01. The van der Waals surface area contributed by atoms with Crippen molar-refractivity contribution >= 4 is 28.2 Å². The molecular weight excluding hydrogens is 267 g/mol. The fourth-order valence-electron chi connectivity index (χ4n) is 1.40. The minimum Gasteiger partial charge on any atom is -0.362 e. The molecule has 1 aromatic carbocycles. The predicted molar refractivity (Wildman–Crippen MR) is 76.9 cm³/mol. The molecule has 0 saturated carbocycles. The number of hydrogen-bond acceptors (Lipinski definition) is 4. The Hall–Kier alpha value is -1.07. The summed E-state index contributed by atoms with van der Waals surface area (Å²) in [5.74, 6) is 0.600. The van der Waals surface area contributed by atoms with Gasteiger partial charge in [0.05, 0.1) is 0 Å². The Morgan fingerprint density at radius 2 is 2.22 bits per heavy atom. The predicted octanol–water partition coefficient (Wildman–Crippen LogP) is 4.40. The van der Waals surface area contributed by atoms with Gasteiger partial charge in [0.2, 0.25) is 0 Å². The van der Waals surface area contributed by atoms with E-state index in [0.717, 1.165) is 28.7 Å². The highest BCUT2D eigenvalue weighted by Crippen LogP contribution is 2.28. The van der Waals surface area contributed by atoms with Gasteiger partial charge in [-0.15, -0.1) is 23.1 Å². The second-order valence-corrected chi connectivity index (χ2v) is 5.91. The van der Waals surface area contributed by atoms with E-state index in [-0.39, 0.29) is 5.82 Å². The highest BCUT2D eigenvalue weighted by molar-refractivity contribution is 7.98. The highest BCUT2D eigenvalue weighted by Gasteiger charge is 2.05. The summed E-state index contributed by atoms with van der Waals surface area (Å²) in [7, 11) is 0.